The van der Waals surface area contributed by atoms with E-state index in [4.69, 9.17) is 0 Å². The predicted molar refractivity (Wildman–Crippen MR) is 104 cm³/mol. The van der Waals surface area contributed by atoms with E-state index < -0.39 is 0 Å². The number of piperidine rings is 1. The molecule has 1 heterocycles. The average molecular weight is 377 g/mol. The van der Waals surface area contributed by atoms with Gasteiger partial charge in [0.1, 0.15) is 25.0 Å². The zero-order valence-corrected chi connectivity index (χ0v) is 15.9. The van der Waals surface area contributed by atoms with Crippen LogP contribution in [0.5, 0.6) is 0 Å². The van der Waals surface area contributed by atoms with Gasteiger partial charge in [0.25, 0.3) is 0 Å². The van der Waals surface area contributed by atoms with E-state index in [1.807, 2.05) is 0 Å². The van der Waals surface area contributed by atoms with E-state index >= 15 is 0 Å². The Kier molecular flexibility index (Phi) is 7.50. The lowest BCUT2D eigenvalue weighted by Gasteiger charge is -2.28. The van der Waals surface area contributed by atoms with Crippen molar-refractivity contribution in [1.29, 1.82) is 0 Å². The lowest BCUT2D eigenvalue weighted by molar-refractivity contribution is -0.926. The molecule has 2 aromatic rings. The third-order valence-electron chi connectivity index (χ3n) is 5.03. The van der Waals surface area contributed by atoms with Gasteiger partial charge < -0.3 is 15.3 Å². The van der Waals surface area contributed by atoms with Gasteiger partial charge in [0, 0.05) is 29.1 Å². The molecule has 1 aliphatic heterocycles. The van der Waals surface area contributed by atoms with Crippen LogP contribution in [0.3, 0.4) is 0 Å². The molecule has 1 atom stereocenters. The Morgan fingerprint density at radius 2 is 1.77 bits per heavy atom. The lowest BCUT2D eigenvalue weighted by atomic mass is 10.0. The summed E-state index contributed by atoms with van der Waals surface area (Å²) in [6.07, 6.45) is 2.08. The predicted octanol–water partition coefficient (Wildman–Crippen LogP) is 1.09. The highest BCUT2D eigenvalue weighted by Gasteiger charge is 2.25. The van der Waals surface area contributed by atoms with Crippen LogP contribution in [-0.4, -0.2) is 42.6 Å². The van der Waals surface area contributed by atoms with Crippen LogP contribution in [0.25, 0.3) is 0 Å². The van der Waals surface area contributed by atoms with Crippen molar-refractivity contribution in [2.24, 2.45) is 0 Å². The minimum atomic E-state index is -0.334. The van der Waals surface area contributed by atoms with Gasteiger partial charge in [0.15, 0.2) is 0 Å². The Labute approximate surface area is 159 Å². The number of benzene rings is 2. The number of nitrogens with two attached hydrogens (primary N) is 1. The molecule has 1 saturated heterocycles. The van der Waals surface area contributed by atoms with Gasteiger partial charge >= 0.3 is 0 Å². The zero-order valence-electron chi connectivity index (χ0n) is 15.1. The molecule has 4 N–H and O–H groups in total. The molecule has 26 heavy (non-hydrogen) atoms. The summed E-state index contributed by atoms with van der Waals surface area (Å²) in [5, 5.41) is 12.5. The molecular weight excluding hydrogens is 347 g/mol. The number of halogens is 1. The zero-order chi connectivity index (χ0) is 18.2. The lowest BCUT2D eigenvalue weighted by Crippen LogP contribution is -3.13. The molecule has 0 radical (unpaired) electrons. The second kappa shape index (κ2) is 10.1. The Hall–Kier alpha value is -1.40. The fourth-order valence-corrected chi connectivity index (χ4v) is 4.34. The first-order valence-electron chi connectivity index (χ1n) is 9.46. The second-order valence-electron chi connectivity index (χ2n) is 7.14. The first-order valence-corrected chi connectivity index (χ1v) is 10.4. The van der Waals surface area contributed by atoms with Crippen LogP contribution in [0.2, 0.25) is 0 Å². The molecule has 5 heteroatoms. The van der Waals surface area contributed by atoms with Crippen molar-refractivity contribution in [3.8, 4) is 0 Å². The fraction of sp³-hybridized carbons (Fsp3) is 0.429. The Bertz CT molecular complexity index is 645. The summed E-state index contributed by atoms with van der Waals surface area (Å²) >= 11 is 1.58. The first-order chi connectivity index (χ1) is 12.7. The topological polar surface area (TPSA) is 41.3 Å². The van der Waals surface area contributed by atoms with E-state index in [1.54, 1.807) is 28.8 Å². The number of thioether (sulfide) groups is 1. The Morgan fingerprint density at radius 3 is 2.46 bits per heavy atom. The van der Waals surface area contributed by atoms with Crippen LogP contribution in [0, 0.1) is 5.82 Å². The fourth-order valence-electron chi connectivity index (χ4n) is 3.49. The SMILES string of the molecule is O[C@@H](C[NH2+]C1CC[NH+](Cc2ccccc2)CC1)CSc1ccc(F)cc1. The molecule has 3 rings (SSSR count). The molecular formula is C21H29FN2OS+2. The molecule has 0 amide bonds. The maximum atomic E-state index is 12.9. The maximum absolute atomic E-state index is 12.9. The van der Waals surface area contributed by atoms with Crippen LogP contribution in [0.15, 0.2) is 59.5 Å². The van der Waals surface area contributed by atoms with Gasteiger partial charge in [0.05, 0.1) is 19.1 Å². The number of aliphatic hydroxyl groups excluding tert-OH is 1. The highest BCUT2D eigenvalue weighted by atomic mass is 32.2. The number of rotatable bonds is 8. The van der Waals surface area contributed by atoms with Gasteiger partial charge in [-0.05, 0) is 24.3 Å². The first kappa shape index (κ1) is 19.4. The van der Waals surface area contributed by atoms with Gasteiger partial charge in [-0.25, -0.2) is 4.39 Å². The van der Waals surface area contributed by atoms with Crippen LogP contribution in [0.1, 0.15) is 18.4 Å². The van der Waals surface area contributed by atoms with E-state index in [1.165, 1.54) is 43.6 Å². The van der Waals surface area contributed by atoms with Gasteiger partial charge in [-0.15, -0.1) is 11.8 Å². The number of nitrogens with one attached hydrogen (secondary N) is 1. The third kappa shape index (κ3) is 6.40. The summed E-state index contributed by atoms with van der Waals surface area (Å²) in [5.41, 5.74) is 1.41. The Morgan fingerprint density at radius 1 is 1.08 bits per heavy atom. The molecule has 0 saturated carbocycles. The van der Waals surface area contributed by atoms with Gasteiger partial charge in [0.2, 0.25) is 0 Å². The minimum Gasteiger partial charge on any atom is -0.386 e. The molecule has 2 aromatic carbocycles. The van der Waals surface area contributed by atoms with Crippen molar-refractivity contribution in [1.82, 2.24) is 0 Å². The van der Waals surface area contributed by atoms with Crippen LogP contribution in [0.4, 0.5) is 4.39 Å². The van der Waals surface area contributed by atoms with E-state index in [2.05, 4.69) is 35.6 Å². The third-order valence-corrected chi connectivity index (χ3v) is 6.19. The number of quaternary nitrogens is 2. The summed E-state index contributed by atoms with van der Waals surface area (Å²) < 4.78 is 12.9. The van der Waals surface area contributed by atoms with Gasteiger partial charge in [-0.1, -0.05) is 30.3 Å². The molecule has 0 spiro atoms. The molecule has 0 unspecified atom stereocenters. The van der Waals surface area contributed by atoms with Crippen molar-refractivity contribution < 1.29 is 19.7 Å². The van der Waals surface area contributed by atoms with Crippen molar-refractivity contribution in [3.05, 3.63) is 66.0 Å². The highest BCUT2D eigenvalue weighted by molar-refractivity contribution is 7.99. The summed E-state index contributed by atoms with van der Waals surface area (Å²) in [6.45, 7) is 4.27. The molecule has 1 fully saturated rings. The van der Waals surface area contributed by atoms with Crippen LogP contribution < -0.4 is 10.2 Å². The smallest absolute Gasteiger partial charge is 0.123 e. The molecule has 0 aliphatic carbocycles. The summed E-state index contributed by atoms with van der Waals surface area (Å²) in [4.78, 5) is 2.66. The monoisotopic (exact) mass is 376 g/mol. The molecule has 140 valence electrons. The van der Waals surface area contributed by atoms with Gasteiger partial charge in [-0.3, -0.25) is 0 Å². The average Bonchev–Trinajstić information content (AvgIpc) is 2.68. The van der Waals surface area contributed by atoms with E-state index in [-0.39, 0.29) is 11.9 Å². The number of likely N-dealkylation sites (tertiary alicyclic amines) is 1. The summed E-state index contributed by atoms with van der Waals surface area (Å²) in [7, 11) is 0. The second-order valence-corrected chi connectivity index (χ2v) is 8.23. The maximum Gasteiger partial charge on any atom is 0.123 e. The van der Waals surface area contributed by atoms with Crippen molar-refractivity contribution >= 4 is 11.8 Å². The number of hydrogen-bond acceptors (Lipinski definition) is 2. The van der Waals surface area contributed by atoms with E-state index in [9.17, 15) is 9.50 Å². The van der Waals surface area contributed by atoms with Crippen molar-refractivity contribution in [2.75, 3.05) is 25.4 Å². The summed E-state index contributed by atoms with van der Waals surface area (Å²) in [5.74, 6) is 0.434. The quantitative estimate of drug-likeness (QED) is 0.604. The molecule has 0 bridgehead atoms. The number of aliphatic hydroxyl groups is 1. The highest BCUT2D eigenvalue weighted by Crippen LogP contribution is 2.18. The normalized spacial score (nSPS) is 21.5. The minimum absolute atomic E-state index is 0.219. The molecule has 3 nitrogen and oxygen atoms in total. The van der Waals surface area contributed by atoms with Gasteiger partial charge in [-0.2, -0.15) is 0 Å². The molecule has 1 aliphatic rings. The van der Waals surface area contributed by atoms with Crippen molar-refractivity contribution in [2.45, 2.75) is 36.4 Å². The largest absolute Gasteiger partial charge is 0.386 e. The van der Waals surface area contributed by atoms with Crippen LogP contribution >= 0.6 is 11.8 Å². The van der Waals surface area contributed by atoms with Crippen LogP contribution in [-0.2, 0) is 6.54 Å². The standard InChI is InChI=1S/C21H27FN2OS/c22-18-6-8-21(9-7-18)26-16-20(25)14-23-19-10-12-24(13-11-19)15-17-4-2-1-3-5-17/h1-9,19-20,23,25H,10-16H2/p+2/t20-/m0/s1. The number of hydrogen-bond donors (Lipinski definition) is 3. The summed E-state index contributed by atoms with van der Waals surface area (Å²) in [6, 6.07) is 17.8. The van der Waals surface area contributed by atoms with E-state index in [0.29, 0.717) is 11.8 Å². The molecule has 0 aromatic heterocycles. The van der Waals surface area contributed by atoms with Crippen molar-refractivity contribution in [3.63, 3.8) is 0 Å². The van der Waals surface area contributed by atoms with E-state index in [0.717, 1.165) is 18.0 Å². The Balaban J connectivity index is 1.31.